The van der Waals surface area contributed by atoms with E-state index in [-0.39, 0.29) is 12.5 Å². The van der Waals surface area contributed by atoms with Gasteiger partial charge in [0.2, 0.25) is 15.9 Å². The molecule has 2 rings (SSSR count). The van der Waals surface area contributed by atoms with Crippen LogP contribution in [0.3, 0.4) is 0 Å². The van der Waals surface area contributed by atoms with Gasteiger partial charge in [0.25, 0.3) is 0 Å². The summed E-state index contributed by atoms with van der Waals surface area (Å²) in [6, 6.07) is 14.3. The molecule has 0 atom stereocenters. The zero-order valence-electron chi connectivity index (χ0n) is 14.4. The van der Waals surface area contributed by atoms with Crippen molar-refractivity contribution in [2.24, 2.45) is 0 Å². The lowest BCUT2D eigenvalue weighted by atomic mass is 10.2. The minimum Gasteiger partial charge on any atom is -0.340 e. The number of carbonyl (C=O) groups is 1. The molecule has 0 unspecified atom stereocenters. The molecular formula is C18H21ClN2O3S. The van der Waals surface area contributed by atoms with Crippen molar-refractivity contribution in [3.8, 4) is 0 Å². The van der Waals surface area contributed by atoms with Crippen molar-refractivity contribution in [2.75, 3.05) is 24.2 Å². The van der Waals surface area contributed by atoms with Gasteiger partial charge in [-0.2, -0.15) is 0 Å². The Labute approximate surface area is 153 Å². The molecule has 0 saturated carbocycles. The molecule has 0 fully saturated rings. The van der Waals surface area contributed by atoms with E-state index >= 15 is 0 Å². The fourth-order valence-corrected chi connectivity index (χ4v) is 3.45. The number of halogens is 1. The van der Waals surface area contributed by atoms with E-state index < -0.39 is 10.0 Å². The van der Waals surface area contributed by atoms with Crippen molar-refractivity contribution >= 4 is 33.2 Å². The molecule has 134 valence electrons. The van der Waals surface area contributed by atoms with Gasteiger partial charge in [-0.15, -0.1) is 0 Å². The van der Waals surface area contributed by atoms with Gasteiger partial charge in [-0.05, 0) is 36.2 Å². The standard InChI is InChI=1S/C18H21ClN2O3S/c1-14-6-4-5-7-17(14)21(25(3,23)24)13-18(22)20(2)12-15-8-10-16(19)11-9-15/h4-11H,12-13H2,1-3H3. The minimum atomic E-state index is -3.58. The molecule has 0 spiro atoms. The number of aryl methyl sites for hydroxylation is 1. The molecule has 5 nitrogen and oxygen atoms in total. The average Bonchev–Trinajstić information content (AvgIpc) is 2.54. The van der Waals surface area contributed by atoms with E-state index in [4.69, 9.17) is 11.6 Å². The van der Waals surface area contributed by atoms with Gasteiger partial charge in [0.15, 0.2) is 0 Å². The fourth-order valence-electron chi connectivity index (χ4n) is 2.42. The lowest BCUT2D eigenvalue weighted by molar-refractivity contribution is -0.128. The van der Waals surface area contributed by atoms with Crippen molar-refractivity contribution < 1.29 is 13.2 Å². The molecule has 0 N–H and O–H groups in total. The summed E-state index contributed by atoms with van der Waals surface area (Å²) in [5, 5.41) is 0.625. The van der Waals surface area contributed by atoms with E-state index in [1.54, 1.807) is 31.3 Å². The second-order valence-electron chi connectivity index (χ2n) is 5.93. The Morgan fingerprint density at radius 3 is 2.24 bits per heavy atom. The van der Waals surface area contributed by atoms with Crippen molar-refractivity contribution in [3.63, 3.8) is 0 Å². The van der Waals surface area contributed by atoms with Gasteiger partial charge in [0.1, 0.15) is 6.54 Å². The number of sulfonamides is 1. The van der Waals surface area contributed by atoms with E-state index in [2.05, 4.69) is 0 Å². The molecular weight excluding hydrogens is 360 g/mol. The summed E-state index contributed by atoms with van der Waals surface area (Å²) in [4.78, 5) is 14.0. The predicted octanol–water partition coefficient (Wildman–Crippen LogP) is 3.07. The molecule has 0 aliphatic carbocycles. The van der Waals surface area contributed by atoms with Crippen LogP contribution in [-0.4, -0.2) is 39.1 Å². The monoisotopic (exact) mass is 380 g/mol. The molecule has 0 bridgehead atoms. The highest BCUT2D eigenvalue weighted by molar-refractivity contribution is 7.92. The molecule has 25 heavy (non-hydrogen) atoms. The van der Waals surface area contributed by atoms with Crippen LogP contribution in [-0.2, 0) is 21.4 Å². The van der Waals surface area contributed by atoms with Crippen LogP contribution in [0.5, 0.6) is 0 Å². The van der Waals surface area contributed by atoms with Crippen LogP contribution in [0.4, 0.5) is 5.69 Å². The maximum atomic E-state index is 12.5. The van der Waals surface area contributed by atoms with Crippen molar-refractivity contribution in [3.05, 3.63) is 64.7 Å². The lowest BCUT2D eigenvalue weighted by Gasteiger charge is -2.26. The molecule has 0 aliphatic rings. The lowest BCUT2D eigenvalue weighted by Crippen LogP contribution is -2.41. The summed E-state index contributed by atoms with van der Waals surface area (Å²) in [5.74, 6) is -0.288. The molecule has 2 aromatic rings. The number of anilines is 1. The van der Waals surface area contributed by atoms with Gasteiger partial charge < -0.3 is 4.90 Å². The van der Waals surface area contributed by atoms with Crippen molar-refractivity contribution in [1.82, 2.24) is 4.90 Å². The highest BCUT2D eigenvalue weighted by atomic mass is 35.5. The number of carbonyl (C=O) groups excluding carboxylic acids is 1. The van der Waals surface area contributed by atoms with E-state index in [9.17, 15) is 13.2 Å². The quantitative estimate of drug-likeness (QED) is 0.773. The maximum Gasteiger partial charge on any atom is 0.243 e. The van der Waals surface area contributed by atoms with Crippen LogP contribution in [0, 0.1) is 6.92 Å². The first-order chi connectivity index (χ1) is 11.7. The molecule has 2 aromatic carbocycles. The predicted molar refractivity (Wildman–Crippen MR) is 101 cm³/mol. The van der Waals surface area contributed by atoms with E-state index in [0.29, 0.717) is 17.3 Å². The SMILES string of the molecule is Cc1ccccc1N(CC(=O)N(C)Cc1ccc(Cl)cc1)S(C)(=O)=O. The van der Waals surface area contributed by atoms with Crippen LogP contribution < -0.4 is 4.31 Å². The third-order valence-electron chi connectivity index (χ3n) is 3.82. The molecule has 7 heteroatoms. The first-order valence-corrected chi connectivity index (χ1v) is 9.93. The zero-order chi connectivity index (χ0) is 18.6. The second kappa shape index (κ2) is 7.89. The van der Waals surface area contributed by atoms with Gasteiger partial charge in [0, 0.05) is 18.6 Å². The number of hydrogen-bond acceptors (Lipinski definition) is 3. The summed E-state index contributed by atoms with van der Waals surface area (Å²) < 4.78 is 25.5. The molecule has 0 saturated heterocycles. The van der Waals surface area contributed by atoms with Crippen LogP contribution in [0.15, 0.2) is 48.5 Å². The van der Waals surface area contributed by atoms with Crippen molar-refractivity contribution in [2.45, 2.75) is 13.5 Å². The van der Waals surface area contributed by atoms with E-state index in [1.165, 1.54) is 4.90 Å². The third-order valence-corrected chi connectivity index (χ3v) is 5.20. The molecule has 0 aliphatic heterocycles. The molecule has 0 aromatic heterocycles. The third kappa shape index (κ3) is 5.21. The zero-order valence-corrected chi connectivity index (χ0v) is 16.0. The van der Waals surface area contributed by atoms with Gasteiger partial charge in [-0.1, -0.05) is 41.9 Å². The number of amides is 1. The Morgan fingerprint density at radius 2 is 1.68 bits per heavy atom. The normalized spacial score (nSPS) is 11.2. The number of nitrogens with zero attached hydrogens (tertiary/aromatic N) is 2. The Hall–Kier alpha value is -2.05. The van der Waals surface area contributed by atoms with Gasteiger partial charge in [0.05, 0.1) is 11.9 Å². The van der Waals surface area contributed by atoms with Gasteiger partial charge in [-0.3, -0.25) is 9.10 Å². The summed E-state index contributed by atoms with van der Waals surface area (Å²) in [7, 11) is -1.93. The van der Waals surface area contributed by atoms with E-state index in [1.807, 2.05) is 31.2 Å². The molecule has 1 amide bonds. The Balaban J connectivity index is 2.17. The number of hydrogen-bond donors (Lipinski definition) is 0. The Kier molecular flexibility index (Phi) is 6.08. The average molecular weight is 381 g/mol. The van der Waals surface area contributed by atoms with E-state index in [0.717, 1.165) is 21.7 Å². The fraction of sp³-hybridized carbons (Fsp3) is 0.278. The second-order valence-corrected chi connectivity index (χ2v) is 8.28. The van der Waals surface area contributed by atoms with Crippen LogP contribution in [0.2, 0.25) is 5.02 Å². The largest absolute Gasteiger partial charge is 0.340 e. The first kappa shape index (κ1) is 19.3. The molecule has 0 heterocycles. The summed E-state index contributed by atoms with van der Waals surface area (Å²) in [6.45, 7) is 1.95. The van der Waals surface area contributed by atoms with Gasteiger partial charge >= 0.3 is 0 Å². The topological polar surface area (TPSA) is 57.7 Å². The number of benzene rings is 2. The first-order valence-electron chi connectivity index (χ1n) is 7.70. The maximum absolute atomic E-state index is 12.5. The van der Waals surface area contributed by atoms with Crippen molar-refractivity contribution in [1.29, 1.82) is 0 Å². The minimum absolute atomic E-state index is 0.242. The highest BCUT2D eigenvalue weighted by Crippen LogP contribution is 2.22. The van der Waals surface area contributed by atoms with Crippen LogP contribution in [0.1, 0.15) is 11.1 Å². The summed E-state index contributed by atoms with van der Waals surface area (Å²) in [6.07, 6.45) is 1.10. The number of para-hydroxylation sites is 1. The number of rotatable bonds is 6. The summed E-state index contributed by atoms with van der Waals surface area (Å²) >= 11 is 5.86. The van der Waals surface area contributed by atoms with Crippen LogP contribution in [0.25, 0.3) is 0 Å². The Morgan fingerprint density at radius 1 is 1.08 bits per heavy atom. The Bertz CT molecular complexity index is 851. The highest BCUT2D eigenvalue weighted by Gasteiger charge is 2.23. The smallest absolute Gasteiger partial charge is 0.243 e. The molecule has 0 radical (unpaired) electrons. The summed E-state index contributed by atoms with van der Waals surface area (Å²) in [5.41, 5.74) is 2.22. The number of likely N-dealkylation sites (N-methyl/N-ethyl adjacent to an activating group) is 1. The van der Waals surface area contributed by atoms with Gasteiger partial charge in [-0.25, -0.2) is 8.42 Å². The van der Waals surface area contributed by atoms with Crippen LogP contribution >= 0.6 is 11.6 Å².